The molecule has 23 heavy (non-hydrogen) atoms. The highest BCUT2D eigenvalue weighted by Gasteiger charge is 2.21. The van der Waals surface area contributed by atoms with Crippen molar-refractivity contribution in [1.82, 2.24) is 20.6 Å². The van der Waals surface area contributed by atoms with Gasteiger partial charge < -0.3 is 20.3 Å². The molecule has 2 aliphatic rings. The van der Waals surface area contributed by atoms with Crippen LogP contribution < -0.4 is 15.5 Å². The van der Waals surface area contributed by atoms with Crippen molar-refractivity contribution in [3.05, 3.63) is 18.5 Å². The largest absolute Gasteiger partial charge is 0.376 e. The van der Waals surface area contributed by atoms with E-state index >= 15 is 0 Å². The van der Waals surface area contributed by atoms with E-state index in [9.17, 15) is 4.79 Å². The molecule has 1 aromatic heterocycles. The fourth-order valence-corrected chi connectivity index (χ4v) is 3.10. The fraction of sp³-hybridized carbons (Fsp3) is 0.688. The minimum Gasteiger partial charge on any atom is -0.376 e. The highest BCUT2D eigenvalue weighted by molar-refractivity contribution is 5.73. The Morgan fingerprint density at radius 1 is 1.17 bits per heavy atom. The molecule has 0 spiro atoms. The summed E-state index contributed by atoms with van der Waals surface area (Å²) in [7, 11) is 0. The van der Waals surface area contributed by atoms with E-state index in [0.717, 1.165) is 57.9 Å². The maximum absolute atomic E-state index is 11.8. The minimum atomic E-state index is -0.0886. The second kappa shape index (κ2) is 8.10. The quantitative estimate of drug-likeness (QED) is 0.852. The van der Waals surface area contributed by atoms with E-state index in [1.165, 1.54) is 0 Å². The molecule has 1 aromatic rings. The van der Waals surface area contributed by atoms with Crippen LogP contribution in [0.3, 0.4) is 0 Å². The third-order valence-corrected chi connectivity index (χ3v) is 4.52. The number of nitrogens with zero attached hydrogens (tertiary/aromatic N) is 3. The normalized spacial score (nSPS) is 22.1. The van der Waals surface area contributed by atoms with Gasteiger partial charge in [0, 0.05) is 45.2 Å². The maximum Gasteiger partial charge on any atom is 0.314 e. The fourth-order valence-electron chi connectivity index (χ4n) is 3.10. The lowest BCUT2D eigenvalue weighted by Gasteiger charge is -2.31. The lowest BCUT2D eigenvalue weighted by Crippen LogP contribution is -2.44. The average Bonchev–Trinajstić information content (AvgIpc) is 3.13. The Kier molecular flexibility index (Phi) is 5.63. The zero-order chi connectivity index (χ0) is 15.9. The lowest BCUT2D eigenvalue weighted by atomic mass is 9.97. The van der Waals surface area contributed by atoms with Crippen molar-refractivity contribution in [3.63, 3.8) is 0 Å². The summed E-state index contributed by atoms with van der Waals surface area (Å²) in [5.74, 6) is 1.32. The van der Waals surface area contributed by atoms with Crippen molar-refractivity contribution in [2.24, 2.45) is 5.92 Å². The Morgan fingerprint density at radius 3 is 2.61 bits per heavy atom. The molecule has 0 aromatic carbocycles. The van der Waals surface area contributed by atoms with Crippen LogP contribution in [0.5, 0.6) is 0 Å². The Morgan fingerprint density at radius 2 is 1.91 bits per heavy atom. The number of nitrogens with one attached hydrogen (secondary N) is 2. The number of rotatable bonds is 5. The number of carbonyl (C=O) groups is 1. The van der Waals surface area contributed by atoms with Gasteiger partial charge in [-0.2, -0.15) is 0 Å². The van der Waals surface area contributed by atoms with Gasteiger partial charge in [-0.3, -0.25) is 0 Å². The number of hydrogen-bond donors (Lipinski definition) is 2. The molecule has 2 N–H and O–H groups in total. The van der Waals surface area contributed by atoms with Crippen molar-refractivity contribution in [2.75, 3.05) is 37.7 Å². The van der Waals surface area contributed by atoms with Crippen LogP contribution in [0, 0.1) is 5.92 Å². The molecule has 7 heteroatoms. The summed E-state index contributed by atoms with van der Waals surface area (Å²) in [6.07, 6.45) is 7.96. The van der Waals surface area contributed by atoms with Crippen molar-refractivity contribution in [2.45, 2.75) is 31.8 Å². The smallest absolute Gasteiger partial charge is 0.314 e. The predicted molar refractivity (Wildman–Crippen MR) is 87.3 cm³/mol. The standard InChI is InChI=1S/C16H25N5O2/c22-16(20-12-14-3-1-10-23-14)19-11-13-4-8-21(9-5-13)15-17-6-2-7-18-15/h2,6-7,13-14H,1,3-5,8-12H2,(H2,19,20,22)/t14-/m1/s1. The molecule has 0 unspecified atom stereocenters. The van der Waals surface area contributed by atoms with Gasteiger partial charge in [-0.05, 0) is 37.7 Å². The van der Waals surface area contributed by atoms with E-state index in [4.69, 9.17) is 4.74 Å². The first-order chi connectivity index (χ1) is 11.3. The lowest BCUT2D eigenvalue weighted by molar-refractivity contribution is 0.111. The molecule has 7 nitrogen and oxygen atoms in total. The maximum atomic E-state index is 11.8. The monoisotopic (exact) mass is 319 g/mol. The average molecular weight is 319 g/mol. The Labute approximate surface area is 136 Å². The summed E-state index contributed by atoms with van der Waals surface area (Å²) in [5, 5.41) is 5.87. The molecule has 3 heterocycles. The molecule has 2 aliphatic heterocycles. The number of aromatic nitrogens is 2. The molecule has 0 saturated carbocycles. The molecule has 2 amide bonds. The van der Waals surface area contributed by atoms with Crippen molar-refractivity contribution < 1.29 is 9.53 Å². The summed E-state index contributed by atoms with van der Waals surface area (Å²) in [6.45, 7) is 4.02. The van der Waals surface area contributed by atoms with Crippen LogP contribution in [0.15, 0.2) is 18.5 Å². The Balaban J connectivity index is 1.32. The number of carbonyl (C=O) groups excluding carboxylic acids is 1. The van der Waals surface area contributed by atoms with Gasteiger partial charge >= 0.3 is 6.03 Å². The summed E-state index contributed by atoms with van der Waals surface area (Å²) in [6, 6.07) is 1.74. The highest BCUT2D eigenvalue weighted by atomic mass is 16.5. The van der Waals surface area contributed by atoms with Gasteiger partial charge in [-0.15, -0.1) is 0 Å². The summed E-state index contributed by atoms with van der Waals surface area (Å²) < 4.78 is 5.49. The van der Waals surface area contributed by atoms with Gasteiger partial charge in [-0.25, -0.2) is 14.8 Å². The van der Waals surface area contributed by atoms with Crippen LogP contribution in [0.25, 0.3) is 0 Å². The van der Waals surface area contributed by atoms with Gasteiger partial charge in [0.2, 0.25) is 5.95 Å². The van der Waals surface area contributed by atoms with E-state index in [1.807, 2.05) is 6.07 Å². The highest BCUT2D eigenvalue weighted by Crippen LogP contribution is 2.19. The third kappa shape index (κ3) is 4.79. The van der Waals surface area contributed by atoms with Gasteiger partial charge in [-0.1, -0.05) is 0 Å². The topological polar surface area (TPSA) is 79.4 Å². The van der Waals surface area contributed by atoms with Gasteiger partial charge in [0.15, 0.2) is 0 Å². The van der Waals surface area contributed by atoms with E-state index < -0.39 is 0 Å². The zero-order valence-corrected chi connectivity index (χ0v) is 13.4. The van der Waals surface area contributed by atoms with Gasteiger partial charge in [0.25, 0.3) is 0 Å². The van der Waals surface area contributed by atoms with E-state index in [1.54, 1.807) is 12.4 Å². The van der Waals surface area contributed by atoms with Crippen LogP contribution >= 0.6 is 0 Å². The molecule has 0 aliphatic carbocycles. The number of hydrogen-bond acceptors (Lipinski definition) is 5. The van der Waals surface area contributed by atoms with Gasteiger partial charge in [0.1, 0.15) is 0 Å². The first-order valence-corrected chi connectivity index (χ1v) is 8.46. The molecule has 2 saturated heterocycles. The molecule has 0 radical (unpaired) electrons. The van der Waals surface area contributed by atoms with E-state index in [0.29, 0.717) is 12.5 Å². The molecule has 2 fully saturated rings. The number of piperidine rings is 1. The molecular weight excluding hydrogens is 294 g/mol. The number of urea groups is 1. The van der Waals surface area contributed by atoms with Crippen LogP contribution in [0.1, 0.15) is 25.7 Å². The van der Waals surface area contributed by atoms with Gasteiger partial charge in [0.05, 0.1) is 6.10 Å². The molecular formula is C16H25N5O2. The van der Waals surface area contributed by atoms with Crippen molar-refractivity contribution in [3.8, 4) is 0 Å². The van der Waals surface area contributed by atoms with Crippen LogP contribution in [0.2, 0.25) is 0 Å². The van der Waals surface area contributed by atoms with Crippen molar-refractivity contribution in [1.29, 1.82) is 0 Å². The molecule has 0 bridgehead atoms. The van der Waals surface area contributed by atoms with Crippen LogP contribution in [0.4, 0.5) is 10.7 Å². The Bertz CT molecular complexity index is 485. The minimum absolute atomic E-state index is 0.0886. The van der Waals surface area contributed by atoms with Crippen LogP contribution in [-0.2, 0) is 4.74 Å². The summed E-state index contributed by atoms with van der Waals surface area (Å²) in [4.78, 5) is 22.6. The summed E-state index contributed by atoms with van der Waals surface area (Å²) in [5.41, 5.74) is 0. The predicted octanol–water partition coefficient (Wildman–Crippen LogP) is 1.17. The molecule has 1 atom stereocenters. The Hall–Kier alpha value is -1.89. The van der Waals surface area contributed by atoms with E-state index in [-0.39, 0.29) is 12.1 Å². The zero-order valence-electron chi connectivity index (χ0n) is 13.4. The number of amides is 2. The molecule has 3 rings (SSSR count). The second-order valence-electron chi connectivity index (χ2n) is 6.21. The van der Waals surface area contributed by atoms with Crippen molar-refractivity contribution >= 4 is 12.0 Å². The third-order valence-electron chi connectivity index (χ3n) is 4.52. The first-order valence-electron chi connectivity index (χ1n) is 8.46. The van der Waals surface area contributed by atoms with E-state index in [2.05, 4.69) is 25.5 Å². The van der Waals surface area contributed by atoms with Crippen LogP contribution in [-0.4, -0.2) is 54.9 Å². The number of anilines is 1. The first kappa shape index (κ1) is 16.0. The number of ether oxygens (including phenoxy) is 1. The molecule has 126 valence electrons. The second-order valence-corrected chi connectivity index (χ2v) is 6.21. The SMILES string of the molecule is O=C(NCC1CCN(c2ncccn2)CC1)NC[C@H]1CCCO1. The summed E-state index contributed by atoms with van der Waals surface area (Å²) >= 11 is 0.